The number of hydrogen-bond donors (Lipinski definition) is 0. The molecule has 0 saturated carbocycles. The van der Waals surface area contributed by atoms with Crippen molar-refractivity contribution in [1.29, 1.82) is 0 Å². The van der Waals surface area contributed by atoms with E-state index in [0.29, 0.717) is 63.0 Å². The van der Waals surface area contributed by atoms with Crippen molar-refractivity contribution in [2.75, 3.05) is 19.8 Å². The molecule has 4 rings (SSSR count). The molecule has 1 fully saturated rings. The minimum absolute atomic E-state index is 0.163. The lowest BCUT2D eigenvalue weighted by Gasteiger charge is -2.31. The number of carbonyl (C=O) groups excluding carboxylic acids is 1. The SMILES string of the molecule is Cc1cc(C(F)(F)F)nn1CC(=O)N1CCC(c2nc(C3=NOC(CC(F)CCCCF)C3)cs2)CC1. The standard InChI is InChI=1S/C24H30F5N5O2S/c1-15-10-21(24(27,28)29)31-34(15)13-22(35)33-8-5-16(6-9-33)23-30-20(14-37-23)19-12-18(36-32-19)11-17(26)4-2-3-7-25/h10,14,16-18H,2-9,11-13H2,1H3. The summed E-state index contributed by atoms with van der Waals surface area (Å²) in [7, 11) is 0. The Kier molecular flexibility index (Phi) is 8.81. The molecule has 2 aliphatic rings. The van der Waals surface area contributed by atoms with Crippen molar-refractivity contribution in [2.45, 2.75) is 82.8 Å². The zero-order chi connectivity index (χ0) is 26.6. The number of rotatable bonds is 10. The zero-order valence-electron chi connectivity index (χ0n) is 20.5. The number of halogens is 5. The monoisotopic (exact) mass is 547 g/mol. The fourth-order valence-electron chi connectivity index (χ4n) is 4.59. The molecule has 0 radical (unpaired) electrons. The van der Waals surface area contributed by atoms with Crippen molar-refractivity contribution in [3.63, 3.8) is 0 Å². The summed E-state index contributed by atoms with van der Waals surface area (Å²) in [5.41, 5.74) is 0.677. The van der Waals surface area contributed by atoms with Crippen LogP contribution in [0.2, 0.25) is 0 Å². The number of alkyl halides is 5. The summed E-state index contributed by atoms with van der Waals surface area (Å²) in [6, 6.07) is 0.937. The normalized spacial score (nSPS) is 19.7. The van der Waals surface area contributed by atoms with Gasteiger partial charge >= 0.3 is 6.18 Å². The van der Waals surface area contributed by atoms with Crippen molar-refractivity contribution in [2.24, 2.45) is 5.16 Å². The Balaban J connectivity index is 1.24. The molecule has 0 aliphatic carbocycles. The average Bonchev–Trinajstić information content (AvgIpc) is 3.60. The summed E-state index contributed by atoms with van der Waals surface area (Å²) < 4.78 is 66.0. The van der Waals surface area contributed by atoms with Gasteiger partial charge in [0.2, 0.25) is 5.91 Å². The Bertz CT molecular complexity index is 1090. The maximum absolute atomic E-state index is 14.1. The number of hydrogen-bond acceptors (Lipinski definition) is 6. The van der Waals surface area contributed by atoms with Gasteiger partial charge in [0, 0.05) is 42.9 Å². The first kappa shape index (κ1) is 27.5. The first-order valence-electron chi connectivity index (χ1n) is 12.4. The van der Waals surface area contributed by atoms with E-state index in [-0.39, 0.29) is 36.6 Å². The quantitative estimate of drug-likeness (QED) is 0.294. The van der Waals surface area contributed by atoms with E-state index in [2.05, 4.69) is 10.3 Å². The second-order valence-electron chi connectivity index (χ2n) is 9.54. The van der Waals surface area contributed by atoms with Crippen LogP contribution in [0, 0.1) is 6.92 Å². The van der Waals surface area contributed by atoms with Gasteiger partial charge in [-0.15, -0.1) is 11.3 Å². The summed E-state index contributed by atoms with van der Waals surface area (Å²) in [6.07, 6.45) is -2.66. The molecule has 1 saturated heterocycles. The second-order valence-corrected chi connectivity index (χ2v) is 10.4. The van der Waals surface area contributed by atoms with Gasteiger partial charge in [0.15, 0.2) is 5.69 Å². The zero-order valence-corrected chi connectivity index (χ0v) is 21.3. The van der Waals surface area contributed by atoms with Gasteiger partial charge < -0.3 is 9.74 Å². The molecule has 2 aromatic heterocycles. The predicted molar refractivity (Wildman–Crippen MR) is 128 cm³/mol. The van der Waals surface area contributed by atoms with Crippen molar-refractivity contribution in [3.05, 3.63) is 33.5 Å². The van der Waals surface area contributed by atoms with Crippen LogP contribution in [0.25, 0.3) is 0 Å². The van der Waals surface area contributed by atoms with Gasteiger partial charge in [0.25, 0.3) is 0 Å². The van der Waals surface area contributed by atoms with Crippen LogP contribution in [0.5, 0.6) is 0 Å². The van der Waals surface area contributed by atoms with E-state index < -0.39 is 24.7 Å². The van der Waals surface area contributed by atoms with Crippen molar-refractivity contribution in [3.8, 4) is 0 Å². The molecular formula is C24H30F5N5O2S. The number of aryl methyl sites for hydroxylation is 1. The summed E-state index contributed by atoms with van der Waals surface area (Å²) >= 11 is 1.51. The van der Waals surface area contributed by atoms with Crippen LogP contribution in [-0.2, 0) is 22.4 Å². The molecule has 1 amide bonds. The highest BCUT2D eigenvalue weighted by molar-refractivity contribution is 7.10. The summed E-state index contributed by atoms with van der Waals surface area (Å²) in [4.78, 5) is 24.4. The number of unbranched alkanes of at least 4 members (excludes halogenated alkanes) is 1. The van der Waals surface area contributed by atoms with Gasteiger partial charge in [0.1, 0.15) is 24.5 Å². The molecule has 13 heteroatoms. The number of amides is 1. The van der Waals surface area contributed by atoms with E-state index in [0.717, 1.165) is 15.8 Å². The van der Waals surface area contributed by atoms with Crippen LogP contribution in [0.15, 0.2) is 16.6 Å². The number of oxime groups is 1. The molecule has 204 valence electrons. The van der Waals surface area contributed by atoms with Gasteiger partial charge in [-0.1, -0.05) is 5.16 Å². The number of carbonyl (C=O) groups is 1. The molecule has 2 aliphatic heterocycles. The van der Waals surface area contributed by atoms with Gasteiger partial charge in [-0.05, 0) is 45.1 Å². The average molecular weight is 548 g/mol. The largest absolute Gasteiger partial charge is 0.435 e. The van der Waals surface area contributed by atoms with Crippen LogP contribution in [0.3, 0.4) is 0 Å². The van der Waals surface area contributed by atoms with Crippen molar-refractivity contribution < 1.29 is 31.6 Å². The molecule has 2 aromatic rings. The third kappa shape index (κ3) is 7.05. The molecule has 0 aromatic carbocycles. The van der Waals surface area contributed by atoms with Gasteiger partial charge in [0.05, 0.1) is 17.4 Å². The Morgan fingerprint density at radius 1 is 1.27 bits per heavy atom. The highest BCUT2D eigenvalue weighted by Crippen LogP contribution is 2.32. The smallest absolute Gasteiger partial charge is 0.392 e. The van der Waals surface area contributed by atoms with Gasteiger partial charge in [-0.3, -0.25) is 13.9 Å². The Hall–Kier alpha value is -2.57. The van der Waals surface area contributed by atoms with Gasteiger partial charge in [-0.25, -0.2) is 9.37 Å². The summed E-state index contributed by atoms with van der Waals surface area (Å²) in [5.74, 6) is -0.104. The van der Waals surface area contributed by atoms with Crippen LogP contribution in [0.1, 0.15) is 73.0 Å². The highest BCUT2D eigenvalue weighted by atomic mass is 32.1. The first-order chi connectivity index (χ1) is 17.6. The van der Waals surface area contributed by atoms with Crippen molar-refractivity contribution >= 4 is 23.0 Å². The first-order valence-corrected chi connectivity index (χ1v) is 13.3. The molecule has 7 nitrogen and oxygen atoms in total. The van der Waals surface area contributed by atoms with Gasteiger partial charge in [-0.2, -0.15) is 18.3 Å². The number of likely N-dealkylation sites (tertiary alicyclic amines) is 1. The molecule has 2 atom stereocenters. The molecular weight excluding hydrogens is 517 g/mol. The van der Waals surface area contributed by atoms with Crippen LogP contribution >= 0.6 is 11.3 Å². The Morgan fingerprint density at radius 2 is 2.03 bits per heavy atom. The topological polar surface area (TPSA) is 72.6 Å². The van der Waals surface area contributed by atoms with E-state index in [1.165, 1.54) is 18.3 Å². The fourth-order valence-corrected chi connectivity index (χ4v) is 5.59. The fraction of sp³-hybridized carbons (Fsp3) is 0.667. The Labute approximate surface area is 215 Å². The lowest BCUT2D eigenvalue weighted by atomic mass is 9.97. The number of piperidine rings is 1. The highest BCUT2D eigenvalue weighted by Gasteiger charge is 2.35. The van der Waals surface area contributed by atoms with Crippen LogP contribution < -0.4 is 0 Å². The summed E-state index contributed by atoms with van der Waals surface area (Å²) in [5, 5.41) is 10.5. The maximum Gasteiger partial charge on any atom is 0.435 e. The number of aromatic nitrogens is 3. The molecule has 2 unspecified atom stereocenters. The third-order valence-corrected chi connectivity index (χ3v) is 7.73. The molecule has 4 heterocycles. The Morgan fingerprint density at radius 3 is 2.70 bits per heavy atom. The van der Waals surface area contributed by atoms with Crippen molar-refractivity contribution in [1.82, 2.24) is 19.7 Å². The van der Waals surface area contributed by atoms with E-state index in [9.17, 15) is 26.7 Å². The number of thiazole rings is 1. The molecule has 0 bridgehead atoms. The minimum Gasteiger partial charge on any atom is -0.392 e. The van der Waals surface area contributed by atoms with E-state index in [1.807, 2.05) is 5.38 Å². The molecule has 0 N–H and O–H groups in total. The van der Waals surface area contributed by atoms with E-state index >= 15 is 0 Å². The van der Waals surface area contributed by atoms with E-state index in [1.54, 1.807) is 4.90 Å². The lowest BCUT2D eigenvalue weighted by molar-refractivity contribution is -0.142. The third-order valence-electron chi connectivity index (χ3n) is 6.72. The lowest BCUT2D eigenvalue weighted by Crippen LogP contribution is -2.40. The van der Waals surface area contributed by atoms with E-state index in [4.69, 9.17) is 9.82 Å². The molecule has 37 heavy (non-hydrogen) atoms. The maximum atomic E-state index is 14.1. The predicted octanol–water partition coefficient (Wildman–Crippen LogP) is 5.43. The van der Waals surface area contributed by atoms with Crippen LogP contribution in [0.4, 0.5) is 22.0 Å². The summed E-state index contributed by atoms with van der Waals surface area (Å²) in [6.45, 7) is 1.80. The minimum atomic E-state index is -4.55. The van der Waals surface area contributed by atoms with Crippen LogP contribution in [-0.4, -0.2) is 63.3 Å². The molecule has 0 spiro atoms. The number of nitrogens with zero attached hydrogens (tertiary/aromatic N) is 5. The second kappa shape index (κ2) is 11.9.